The van der Waals surface area contributed by atoms with Crippen molar-refractivity contribution in [1.82, 2.24) is 10.2 Å². The molecule has 0 saturated carbocycles. The Hall–Kier alpha value is -0.620. The van der Waals surface area contributed by atoms with Crippen molar-refractivity contribution in [3.8, 4) is 0 Å². The van der Waals surface area contributed by atoms with Gasteiger partial charge in [0, 0.05) is 13.1 Å². The van der Waals surface area contributed by atoms with Gasteiger partial charge in [-0.3, -0.25) is 9.59 Å². The molecule has 20 heavy (non-hydrogen) atoms. The molecule has 0 bridgehead atoms. The Balaban J connectivity index is 2.67. The van der Waals surface area contributed by atoms with Crippen LogP contribution in [0.2, 0.25) is 0 Å². The van der Waals surface area contributed by atoms with Crippen LogP contribution in [0.15, 0.2) is 0 Å². The van der Waals surface area contributed by atoms with Crippen LogP contribution < -0.4 is 5.32 Å². The van der Waals surface area contributed by atoms with E-state index in [2.05, 4.69) is 21.2 Å². The van der Waals surface area contributed by atoms with E-state index in [1.165, 1.54) is 0 Å². The van der Waals surface area contributed by atoms with Crippen LogP contribution in [0.4, 0.5) is 0 Å². The van der Waals surface area contributed by atoms with E-state index in [9.17, 15) is 9.59 Å². The van der Waals surface area contributed by atoms with E-state index in [0.717, 1.165) is 19.3 Å². The van der Waals surface area contributed by atoms with E-state index < -0.39 is 0 Å². The summed E-state index contributed by atoms with van der Waals surface area (Å²) in [6.07, 6.45) is 2.65. The van der Waals surface area contributed by atoms with Crippen molar-refractivity contribution in [2.45, 2.75) is 51.7 Å². The minimum absolute atomic E-state index is 0.0486. The lowest BCUT2D eigenvalue weighted by molar-refractivity contribution is -0.140. The Morgan fingerprint density at radius 3 is 2.75 bits per heavy atom. The van der Waals surface area contributed by atoms with Crippen molar-refractivity contribution >= 4 is 27.7 Å². The van der Waals surface area contributed by atoms with Gasteiger partial charge in [-0.15, -0.1) is 0 Å². The third-order valence-corrected chi connectivity index (χ3v) is 3.66. The first kappa shape index (κ1) is 17.4. The molecule has 0 aromatic rings. The molecule has 0 aromatic carbocycles. The van der Waals surface area contributed by atoms with Crippen molar-refractivity contribution in [3.05, 3.63) is 0 Å². The molecular weight excluding hydrogens is 324 g/mol. The highest BCUT2D eigenvalue weighted by molar-refractivity contribution is 9.09. The second-order valence-corrected chi connectivity index (χ2v) is 6.54. The normalized spacial score (nSPS) is 20.2. The fourth-order valence-electron chi connectivity index (χ4n) is 2.20. The molecule has 1 aliphatic rings. The highest BCUT2D eigenvalue weighted by Crippen LogP contribution is 2.14. The number of amides is 2. The van der Waals surface area contributed by atoms with Gasteiger partial charge in [0.15, 0.2) is 0 Å². The Morgan fingerprint density at radius 2 is 2.15 bits per heavy atom. The molecule has 2 amide bonds. The number of hydrogen-bond acceptors (Lipinski definition) is 3. The molecule has 1 heterocycles. The van der Waals surface area contributed by atoms with Gasteiger partial charge in [-0.25, -0.2) is 0 Å². The Kier molecular flexibility index (Phi) is 6.95. The van der Waals surface area contributed by atoms with Crippen LogP contribution in [-0.4, -0.2) is 53.4 Å². The smallest absolute Gasteiger partial charge is 0.242 e. The molecule has 1 aliphatic heterocycles. The minimum atomic E-state index is -0.369. The number of rotatable bonds is 5. The first-order chi connectivity index (χ1) is 9.35. The molecule has 1 saturated heterocycles. The van der Waals surface area contributed by atoms with Gasteiger partial charge in [-0.05, 0) is 40.0 Å². The Labute approximate surface area is 129 Å². The number of hydrogen-bond donors (Lipinski definition) is 1. The summed E-state index contributed by atoms with van der Waals surface area (Å²) >= 11 is 3.19. The average Bonchev–Trinajstić information content (AvgIpc) is 2.57. The lowest BCUT2D eigenvalue weighted by Crippen LogP contribution is -2.50. The van der Waals surface area contributed by atoms with Crippen LogP contribution in [0.3, 0.4) is 0 Å². The fourth-order valence-corrected chi connectivity index (χ4v) is 2.52. The molecule has 0 aliphatic carbocycles. The lowest BCUT2D eigenvalue weighted by atomic mass is 10.1. The van der Waals surface area contributed by atoms with Gasteiger partial charge >= 0.3 is 0 Å². The zero-order valence-electron chi connectivity index (χ0n) is 12.6. The summed E-state index contributed by atoms with van der Waals surface area (Å²) in [5.41, 5.74) is -0.241. The summed E-state index contributed by atoms with van der Waals surface area (Å²) in [7, 11) is 0. The molecule has 0 radical (unpaired) electrons. The van der Waals surface area contributed by atoms with E-state index in [1.54, 1.807) is 4.90 Å². The maximum absolute atomic E-state index is 12.1. The van der Waals surface area contributed by atoms with Crippen molar-refractivity contribution < 1.29 is 14.3 Å². The second-order valence-electron chi connectivity index (χ2n) is 5.98. The lowest BCUT2D eigenvalue weighted by Gasteiger charge is -2.30. The van der Waals surface area contributed by atoms with Gasteiger partial charge in [0.1, 0.15) is 6.04 Å². The highest BCUT2D eigenvalue weighted by atomic mass is 79.9. The first-order valence-electron chi connectivity index (χ1n) is 7.12. The number of nitrogens with one attached hydrogen (secondary N) is 1. The topological polar surface area (TPSA) is 58.6 Å². The Morgan fingerprint density at radius 1 is 1.45 bits per heavy atom. The first-order valence-corrected chi connectivity index (χ1v) is 8.24. The monoisotopic (exact) mass is 348 g/mol. The van der Waals surface area contributed by atoms with Gasteiger partial charge in [0.2, 0.25) is 11.8 Å². The van der Waals surface area contributed by atoms with E-state index >= 15 is 0 Å². The van der Waals surface area contributed by atoms with Crippen LogP contribution in [0.25, 0.3) is 0 Å². The van der Waals surface area contributed by atoms with Gasteiger partial charge in [0.25, 0.3) is 0 Å². The number of carbonyl (C=O) groups excluding carboxylic acids is 2. The van der Waals surface area contributed by atoms with Crippen molar-refractivity contribution in [2.24, 2.45) is 0 Å². The predicted molar refractivity (Wildman–Crippen MR) is 81.9 cm³/mol. The summed E-state index contributed by atoms with van der Waals surface area (Å²) in [4.78, 5) is 25.8. The van der Waals surface area contributed by atoms with E-state index in [-0.39, 0.29) is 28.8 Å². The predicted octanol–water partition coefficient (Wildman–Crippen LogP) is 1.69. The van der Waals surface area contributed by atoms with Crippen molar-refractivity contribution in [3.63, 3.8) is 0 Å². The van der Waals surface area contributed by atoms with E-state index in [0.29, 0.717) is 19.7 Å². The molecule has 0 aromatic heterocycles. The fraction of sp³-hybridized carbons (Fsp3) is 0.857. The molecule has 1 rings (SSSR count). The van der Waals surface area contributed by atoms with Gasteiger partial charge in [-0.1, -0.05) is 15.9 Å². The summed E-state index contributed by atoms with van der Waals surface area (Å²) < 4.78 is 5.67. The Bertz CT molecular complexity index is 342. The molecule has 0 spiro atoms. The summed E-state index contributed by atoms with van der Waals surface area (Å²) in [6.45, 7) is 7.50. The van der Waals surface area contributed by atoms with Gasteiger partial charge in [-0.2, -0.15) is 0 Å². The van der Waals surface area contributed by atoms with Crippen LogP contribution in [0.5, 0.6) is 0 Å². The molecular formula is C14H25BrN2O3. The standard InChI is InChI=1S/C14H25BrN2O3/c1-14(2,3)20-9-8-17(12(18)10-15)11-6-4-5-7-16-13(11)19/h11H,4-10H2,1-3H3,(H,16,19). The zero-order chi connectivity index (χ0) is 15.2. The van der Waals surface area contributed by atoms with Crippen molar-refractivity contribution in [1.29, 1.82) is 0 Å². The van der Waals surface area contributed by atoms with Crippen LogP contribution >= 0.6 is 15.9 Å². The molecule has 1 N–H and O–H groups in total. The molecule has 1 atom stereocenters. The van der Waals surface area contributed by atoms with E-state index in [4.69, 9.17) is 4.74 Å². The zero-order valence-corrected chi connectivity index (χ0v) is 14.2. The third-order valence-electron chi connectivity index (χ3n) is 3.18. The number of alkyl halides is 1. The SMILES string of the molecule is CC(C)(C)OCCN(C(=O)CBr)C1CCCCNC1=O. The number of carbonyl (C=O) groups is 2. The second kappa shape index (κ2) is 7.98. The largest absolute Gasteiger partial charge is 0.374 e. The quantitative estimate of drug-likeness (QED) is 0.769. The maximum Gasteiger partial charge on any atom is 0.242 e. The number of ether oxygens (including phenoxy) is 1. The molecule has 1 fully saturated rings. The molecule has 116 valence electrons. The summed E-state index contributed by atoms with van der Waals surface area (Å²) in [5.74, 6) is -0.114. The number of nitrogens with zero attached hydrogens (tertiary/aromatic N) is 1. The number of halogens is 1. The average molecular weight is 349 g/mol. The highest BCUT2D eigenvalue weighted by Gasteiger charge is 2.30. The van der Waals surface area contributed by atoms with Gasteiger partial charge < -0.3 is 15.0 Å². The van der Waals surface area contributed by atoms with Crippen LogP contribution in [-0.2, 0) is 14.3 Å². The maximum atomic E-state index is 12.1. The van der Waals surface area contributed by atoms with E-state index in [1.807, 2.05) is 20.8 Å². The minimum Gasteiger partial charge on any atom is -0.374 e. The third kappa shape index (κ3) is 5.79. The van der Waals surface area contributed by atoms with Crippen molar-refractivity contribution in [2.75, 3.05) is 25.0 Å². The summed E-state index contributed by atoms with van der Waals surface area (Å²) in [5, 5.41) is 3.10. The van der Waals surface area contributed by atoms with Crippen LogP contribution in [0, 0.1) is 0 Å². The molecule has 5 nitrogen and oxygen atoms in total. The summed E-state index contributed by atoms with van der Waals surface area (Å²) in [6, 6.07) is -0.369. The molecule has 6 heteroatoms. The van der Waals surface area contributed by atoms with Gasteiger partial charge in [0.05, 0.1) is 17.5 Å². The van der Waals surface area contributed by atoms with Crippen LogP contribution in [0.1, 0.15) is 40.0 Å². The molecule has 1 unspecified atom stereocenters.